The van der Waals surface area contributed by atoms with Gasteiger partial charge in [-0.1, -0.05) is 394 Å². The van der Waals surface area contributed by atoms with Gasteiger partial charge < -0.3 is 18.9 Å². The second-order valence-electron chi connectivity index (χ2n) is 33.9. The molecule has 0 fully saturated rings. The third kappa shape index (κ3) is 10.2. The maximum Gasteiger partial charge on any atom is 0.0755 e. The maximum absolute atomic E-state index is 2.59. The second-order valence-corrected chi connectivity index (χ2v) is 33.9. The summed E-state index contributed by atoms with van der Waals surface area (Å²) in [6, 6.07) is 178. The summed E-state index contributed by atoms with van der Waals surface area (Å²) in [5, 5.41) is 4.97. The van der Waals surface area contributed by atoms with E-state index in [-0.39, 0.29) is 0 Å². The van der Waals surface area contributed by atoms with Gasteiger partial charge in [-0.05, 0) is 196 Å². The molecule has 0 radical (unpaired) electrons. The van der Waals surface area contributed by atoms with E-state index in [1.807, 2.05) is 0 Å². The first-order valence-electron chi connectivity index (χ1n) is 43.8. The van der Waals surface area contributed by atoms with Gasteiger partial charge in [-0.3, -0.25) is 0 Å². The van der Waals surface area contributed by atoms with Gasteiger partial charge in [-0.25, -0.2) is 0 Å². The number of nitrogens with zero attached hydrogens (tertiary/aromatic N) is 4. The van der Waals surface area contributed by atoms with E-state index < -0.39 is 10.8 Å². The Labute approximate surface area is 731 Å². The van der Waals surface area contributed by atoms with Crippen molar-refractivity contribution < 1.29 is 0 Å². The van der Waals surface area contributed by atoms with Crippen LogP contribution in [0.25, 0.3) is 155 Å². The van der Waals surface area contributed by atoms with Crippen molar-refractivity contribution in [2.75, 3.05) is 9.80 Å². The zero-order valence-corrected chi connectivity index (χ0v) is 68.8. The van der Waals surface area contributed by atoms with Gasteiger partial charge in [0.2, 0.25) is 0 Å². The number of benzene rings is 20. The predicted molar refractivity (Wildman–Crippen MR) is 524 cm³/mol. The first-order valence-corrected chi connectivity index (χ1v) is 43.8. The van der Waals surface area contributed by atoms with E-state index in [4.69, 9.17) is 0 Å². The molecule has 4 aliphatic rings. The van der Waals surface area contributed by atoms with Crippen LogP contribution in [-0.2, 0) is 10.8 Å². The molecule has 0 N–H and O–H groups in total. The lowest BCUT2D eigenvalue weighted by atomic mass is 9.65. The summed E-state index contributed by atoms with van der Waals surface area (Å²) in [5.74, 6) is 0. The lowest BCUT2D eigenvalue weighted by molar-refractivity contribution is 0.748. The highest BCUT2D eigenvalue weighted by Crippen LogP contribution is 2.67. The van der Waals surface area contributed by atoms with Crippen LogP contribution in [0.1, 0.15) is 44.5 Å². The molecule has 2 aromatic heterocycles. The fourth-order valence-electron chi connectivity index (χ4n) is 22.7. The van der Waals surface area contributed by atoms with Gasteiger partial charge in [0.15, 0.2) is 0 Å². The number of aromatic nitrogens is 2. The van der Waals surface area contributed by atoms with Gasteiger partial charge in [0.05, 0.1) is 72.7 Å². The number of hydrogen-bond donors (Lipinski definition) is 0. The minimum absolute atomic E-state index is 0.655. The van der Waals surface area contributed by atoms with E-state index in [0.29, 0.717) is 0 Å². The van der Waals surface area contributed by atoms with Crippen LogP contribution in [0.15, 0.2) is 473 Å². The van der Waals surface area contributed by atoms with Crippen molar-refractivity contribution in [2.45, 2.75) is 10.8 Å². The summed E-state index contributed by atoms with van der Waals surface area (Å²) in [6.45, 7) is 0. The van der Waals surface area contributed by atoms with E-state index in [0.717, 1.165) is 84.2 Å². The van der Waals surface area contributed by atoms with Gasteiger partial charge in [-0.2, -0.15) is 0 Å². The number of para-hydroxylation sites is 8. The first-order chi connectivity index (χ1) is 62.6. The summed E-state index contributed by atoms with van der Waals surface area (Å²) in [7, 11) is 0. The van der Waals surface area contributed by atoms with Crippen LogP contribution in [0.4, 0.5) is 34.1 Å². The number of fused-ring (bicyclic) bond motifs is 24. The van der Waals surface area contributed by atoms with Gasteiger partial charge in [0.25, 0.3) is 0 Å². The second kappa shape index (κ2) is 28.1. The summed E-state index contributed by atoms with van der Waals surface area (Å²) in [6.07, 6.45) is 0. The van der Waals surface area contributed by atoms with Crippen LogP contribution < -0.4 is 9.80 Å². The molecule has 2 aliphatic carbocycles. The molecule has 586 valence electrons. The molecule has 26 rings (SSSR count). The van der Waals surface area contributed by atoms with Crippen LogP contribution in [0.3, 0.4) is 0 Å². The molecule has 0 saturated heterocycles. The largest absolute Gasteiger partial charge is 0.309 e. The van der Waals surface area contributed by atoms with E-state index in [1.165, 1.54) is 150 Å². The van der Waals surface area contributed by atoms with Gasteiger partial charge in [0.1, 0.15) is 0 Å². The first kappa shape index (κ1) is 71.3. The molecule has 126 heavy (non-hydrogen) atoms. The minimum atomic E-state index is -0.731. The van der Waals surface area contributed by atoms with E-state index >= 15 is 0 Å². The fourth-order valence-corrected chi connectivity index (χ4v) is 22.7. The molecule has 4 heterocycles. The molecule has 22 aromatic rings. The van der Waals surface area contributed by atoms with Gasteiger partial charge >= 0.3 is 0 Å². The smallest absolute Gasteiger partial charge is 0.0755 e. The Hall–Kier alpha value is -16.4. The SMILES string of the molecule is c1ccc(-c2cccc(-c3ccccc3N(c3cccc(-c4ccc(-c5cccc6c5c5cccc7c5n6-c5ccccc5C75c6ccccc6-c6c(N(c7ccccc7-c7ccccc7)c7ccccc7-c7cccc(-c8ccccc8)c7)cccc65)cc4)c3)c3cccc4c3-c3ccccc3C43c4ccccc4-n4c5ccccc5c5cccc3c54)c2)cc1. The highest BCUT2D eigenvalue weighted by atomic mass is 15.2. The van der Waals surface area contributed by atoms with E-state index in [1.54, 1.807) is 0 Å². The topological polar surface area (TPSA) is 16.3 Å². The number of rotatable bonds is 13. The van der Waals surface area contributed by atoms with Crippen molar-refractivity contribution in [3.8, 4) is 112 Å². The lowest BCUT2D eigenvalue weighted by Gasteiger charge is -2.39. The summed E-state index contributed by atoms with van der Waals surface area (Å²) in [4.78, 5) is 5.14. The van der Waals surface area contributed by atoms with Crippen molar-refractivity contribution in [3.63, 3.8) is 0 Å². The Bertz CT molecular complexity index is 8230. The maximum atomic E-state index is 2.59. The highest BCUT2D eigenvalue weighted by Gasteiger charge is 2.54. The minimum Gasteiger partial charge on any atom is -0.309 e. The Morgan fingerprint density at radius 2 is 0.500 bits per heavy atom. The fraction of sp³-hybridized carbons (Fsp3) is 0.0164. The molecule has 0 saturated carbocycles. The molecular formula is C122H78N4. The van der Waals surface area contributed by atoms with Gasteiger partial charge in [-0.15, -0.1) is 0 Å². The molecule has 2 aliphatic heterocycles. The summed E-state index contributed by atoms with van der Waals surface area (Å²) >= 11 is 0. The monoisotopic (exact) mass is 1600 g/mol. The van der Waals surface area contributed by atoms with Crippen LogP contribution in [0, 0.1) is 0 Å². The quantitative estimate of drug-likeness (QED) is 0.114. The van der Waals surface area contributed by atoms with Crippen molar-refractivity contribution in [1.82, 2.24) is 9.13 Å². The lowest BCUT2D eigenvalue weighted by Crippen LogP contribution is -2.33. The van der Waals surface area contributed by atoms with Crippen LogP contribution in [0.2, 0.25) is 0 Å². The summed E-state index contributed by atoms with van der Waals surface area (Å²) in [5.41, 5.74) is 43.6. The average molecular weight is 1600 g/mol. The zero-order chi connectivity index (χ0) is 82.7. The Kier molecular flexibility index (Phi) is 15.9. The average Bonchev–Trinajstić information content (AvgIpc) is 1.50. The molecule has 4 heteroatoms. The Morgan fingerprint density at radius 3 is 1.07 bits per heavy atom. The Balaban J connectivity index is 0.631. The van der Waals surface area contributed by atoms with Crippen molar-refractivity contribution in [1.29, 1.82) is 0 Å². The van der Waals surface area contributed by atoms with Crippen molar-refractivity contribution in [2.24, 2.45) is 0 Å². The van der Waals surface area contributed by atoms with E-state index in [2.05, 4.69) is 492 Å². The third-order valence-electron chi connectivity index (χ3n) is 27.7. The third-order valence-corrected chi connectivity index (χ3v) is 27.7. The molecule has 2 atom stereocenters. The van der Waals surface area contributed by atoms with Crippen molar-refractivity contribution >= 4 is 77.7 Å². The van der Waals surface area contributed by atoms with E-state index in [9.17, 15) is 0 Å². The van der Waals surface area contributed by atoms with Gasteiger partial charge in [0, 0.05) is 55.0 Å². The molecule has 0 amide bonds. The number of hydrogen-bond acceptors (Lipinski definition) is 2. The molecule has 20 aromatic carbocycles. The summed E-state index contributed by atoms with van der Waals surface area (Å²) < 4.78 is 5.13. The van der Waals surface area contributed by atoms with Crippen LogP contribution in [-0.4, -0.2) is 9.13 Å². The van der Waals surface area contributed by atoms with Crippen LogP contribution >= 0.6 is 0 Å². The standard InChI is InChI=1S/C122H78N4/c1-4-34-79(35-5-1)84-40-26-43-87(76-84)91-47-13-20-63-107(91)123(114-70-32-59-103-117(114)96-50-10-16-55-99(96)121(103)101-57-18-24-67-111(101)125-110-66-23-15-49-94(110)95-53-29-61-105(121)119(95)125)89-45-28-42-86(78-89)81-72-74-83(75-73-81)93-52-31-69-113-116(93)98-54-30-62-106-120(98)126(113)112-68-25-19-58-102(112)122(106)100-56-17-11-51-97(100)118-104(122)60-33-71-115(118)124(108-64-21-12-46-90(108)82-38-8-3-9-39-82)109-65-22-14-48-92(109)88-44-27-41-85(77-88)80-36-6-2-7-37-80/h1-78H. The van der Waals surface area contributed by atoms with Crippen LogP contribution in [0.5, 0.6) is 0 Å². The molecule has 0 bridgehead atoms. The predicted octanol–water partition coefficient (Wildman–Crippen LogP) is 31.8. The normalized spacial score (nSPS) is 14.6. The molecular weight excluding hydrogens is 1520 g/mol. The molecule has 4 nitrogen and oxygen atoms in total. The Morgan fingerprint density at radius 1 is 0.175 bits per heavy atom. The van der Waals surface area contributed by atoms with Crippen molar-refractivity contribution in [3.05, 3.63) is 518 Å². The number of anilines is 6. The molecule has 2 unspecified atom stereocenters. The highest BCUT2D eigenvalue weighted by molar-refractivity contribution is 6.19. The molecule has 2 spiro atoms. The zero-order valence-electron chi connectivity index (χ0n) is 68.8.